The topological polar surface area (TPSA) is 105 Å². The lowest BCUT2D eigenvalue weighted by atomic mass is 10.0. The van der Waals surface area contributed by atoms with Crippen LogP contribution in [0.3, 0.4) is 0 Å². The van der Waals surface area contributed by atoms with E-state index in [9.17, 15) is 19.2 Å². The molecule has 0 aliphatic rings. The average Bonchev–Trinajstić information content (AvgIpc) is 2.99. The van der Waals surface area contributed by atoms with Crippen LogP contribution in [0.5, 0.6) is 0 Å². The van der Waals surface area contributed by atoms with E-state index in [2.05, 4.69) is 0 Å². The summed E-state index contributed by atoms with van der Waals surface area (Å²) in [5, 5.41) is 1.80. The molecule has 0 aliphatic carbocycles. The summed E-state index contributed by atoms with van der Waals surface area (Å²) in [4.78, 5) is 54.4. The molecule has 3 aromatic carbocycles. The Bertz CT molecular complexity index is 1320. The minimum Gasteiger partial charge on any atom is -0.465 e. The van der Waals surface area contributed by atoms with E-state index in [1.165, 1.54) is 7.11 Å². The first-order chi connectivity index (χ1) is 19.4. The number of rotatable bonds is 10. The van der Waals surface area contributed by atoms with Crippen molar-refractivity contribution < 1.29 is 38.1 Å². The highest BCUT2D eigenvalue weighted by atomic mass is 31.2. The number of esters is 4. The van der Waals surface area contributed by atoms with Gasteiger partial charge in [0.2, 0.25) is 0 Å². The predicted molar refractivity (Wildman–Crippen MR) is 154 cm³/mol. The molecule has 0 aromatic heterocycles. The quantitative estimate of drug-likeness (QED) is 0.0928. The van der Waals surface area contributed by atoms with Crippen molar-refractivity contribution in [2.45, 2.75) is 13.8 Å². The molecule has 0 bridgehead atoms. The van der Waals surface area contributed by atoms with E-state index in [4.69, 9.17) is 18.9 Å². The maximum absolute atomic E-state index is 14.0. The van der Waals surface area contributed by atoms with E-state index < -0.39 is 41.9 Å². The van der Waals surface area contributed by atoms with Crippen molar-refractivity contribution in [3.8, 4) is 0 Å². The van der Waals surface area contributed by atoms with Crippen LogP contribution in [0.1, 0.15) is 13.8 Å². The minimum atomic E-state index is -3.36. The first-order valence-electron chi connectivity index (χ1n) is 12.6. The second-order valence-corrected chi connectivity index (χ2v) is 11.5. The van der Waals surface area contributed by atoms with Crippen molar-refractivity contribution in [3.05, 3.63) is 102 Å². The number of methoxy groups -OCH3 is 2. The fraction of sp³-hybridized carbons (Fsp3) is 0.194. The molecular weight excluding hydrogens is 531 g/mol. The molecule has 0 heterocycles. The summed E-state index contributed by atoms with van der Waals surface area (Å²) in [6, 6.07) is 27.3. The zero-order valence-electron chi connectivity index (χ0n) is 22.8. The first-order valence-corrected chi connectivity index (χ1v) is 14.4. The summed E-state index contributed by atoms with van der Waals surface area (Å²) >= 11 is 0. The molecule has 208 valence electrons. The summed E-state index contributed by atoms with van der Waals surface area (Å²) in [5.74, 6) is -4.27. The van der Waals surface area contributed by atoms with Crippen LogP contribution in [0.4, 0.5) is 0 Å². The van der Waals surface area contributed by atoms with Gasteiger partial charge in [0.1, 0.15) is 0 Å². The molecule has 9 heteroatoms. The summed E-state index contributed by atoms with van der Waals surface area (Å²) in [6.07, 6.45) is 0. The summed E-state index contributed by atoms with van der Waals surface area (Å²) in [5.41, 5.74) is -1.32. The van der Waals surface area contributed by atoms with Gasteiger partial charge in [-0.25, -0.2) is 19.2 Å². The third-order valence-corrected chi connectivity index (χ3v) is 10.3. The highest BCUT2D eigenvalue weighted by molar-refractivity contribution is 7.97. The van der Waals surface area contributed by atoms with Gasteiger partial charge in [-0.15, -0.1) is 0 Å². The van der Waals surface area contributed by atoms with Gasteiger partial charge < -0.3 is 18.9 Å². The Morgan fingerprint density at radius 3 is 1.18 bits per heavy atom. The van der Waals surface area contributed by atoms with Gasteiger partial charge in [0.25, 0.3) is 0 Å². The number of carbonyl (C=O) groups is 4. The van der Waals surface area contributed by atoms with Crippen LogP contribution in [-0.4, -0.2) is 56.6 Å². The van der Waals surface area contributed by atoms with Crippen LogP contribution in [0.25, 0.3) is 0 Å². The summed E-state index contributed by atoms with van der Waals surface area (Å²) < 4.78 is 20.8. The van der Waals surface area contributed by atoms with Crippen LogP contribution in [0.2, 0.25) is 0 Å². The number of hydrogen-bond acceptors (Lipinski definition) is 8. The standard InChI is InChI=1S/C31H31O8P/c1-5-38-29(33)26(30(34)39-6-2)25(28(32)36-3)27(31(35)37-4)40(22-16-10-7-11-17-22,23-18-12-8-13-19-23)24-20-14-9-15-21-24/h7-21H,5-6H2,1-4H3. The van der Waals surface area contributed by atoms with E-state index in [-0.39, 0.29) is 18.5 Å². The molecule has 0 aliphatic heterocycles. The third kappa shape index (κ3) is 5.92. The molecule has 0 amide bonds. The first kappa shape index (κ1) is 30.1. The zero-order chi connectivity index (χ0) is 29.1. The van der Waals surface area contributed by atoms with Crippen LogP contribution >= 0.6 is 6.89 Å². The van der Waals surface area contributed by atoms with Crippen molar-refractivity contribution in [3.63, 3.8) is 0 Å². The van der Waals surface area contributed by atoms with Crippen LogP contribution in [-0.2, 0) is 38.1 Å². The fourth-order valence-electron chi connectivity index (χ4n) is 4.41. The van der Waals surface area contributed by atoms with E-state index in [1.807, 2.05) is 91.0 Å². The maximum Gasteiger partial charge on any atom is 0.346 e. The maximum atomic E-state index is 14.0. The van der Waals surface area contributed by atoms with Crippen LogP contribution < -0.4 is 15.9 Å². The van der Waals surface area contributed by atoms with Crippen molar-refractivity contribution in [2.75, 3.05) is 27.4 Å². The van der Waals surface area contributed by atoms with Crippen LogP contribution in [0.15, 0.2) is 102 Å². The Morgan fingerprint density at radius 2 is 0.875 bits per heavy atom. The van der Waals surface area contributed by atoms with Gasteiger partial charge in [-0.05, 0) is 36.6 Å². The molecule has 3 aromatic rings. The molecule has 0 fully saturated rings. The van der Waals surface area contributed by atoms with Gasteiger partial charge in [0.05, 0.1) is 38.3 Å². The molecule has 0 radical (unpaired) electrons. The second-order valence-electron chi connectivity index (χ2n) is 8.20. The lowest BCUT2D eigenvalue weighted by molar-refractivity contribution is -0.148. The number of hydrogen-bond donors (Lipinski definition) is 0. The van der Waals surface area contributed by atoms with E-state index in [0.29, 0.717) is 15.9 Å². The Balaban J connectivity index is 2.84. The molecule has 0 atom stereocenters. The van der Waals surface area contributed by atoms with E-state index in [0.717, 1.165) is 7.11 Å². The Hall–Kier alpha value is -4.42. The molecule has 0 unspecified atom stereocenters. The van der Waals surface area contributed by atoms with Gasteiger partial charge in [-0.1, -0.05) is 91.0 Å². The molecule has 3 rings (SSSR count). The van der Waals surface area contributed by atoms with Crippen molar-refractivity contribution >= 4 is 52.0 Å². The fourth-order valence-corrected chi connectivity index (χ4v) is 8.84. The van der Waals surface area contributed by atoms with Gasteiger partial charge >= 0.3 is 23.9 Å². The molecule has 0 saturated carbocycles. The third-order valence-electron chi connectivity index (χ3n) is 5.98. The largest absolute Gasteiger partial charge is 0.465 e. The Labute approximate surface area is 233 Å². The minimum absolute atomic E-state index is 0.0971. The molecular formula is C31H31O8P. The number of benzene rings is 3. The monoisotopic (exact) mass is 562 g/mol. The molecule has 0 spiro atoms. The lowest BCUT2D eigenvalue weighted by Crippen LogP contribution is -2.39. The Kier molecular flexibility index (Phi) is 10.6. The van der Waals surface area contributed by atoms with Crippen LogP contribution in [0, 0.1) is 0 Å². The average molecular weight is 563 g/mol. The molecule has 0 N–H and O–H groups in total. The van der Waals surface area contributed by atoms with Crippen molar-refractivity contribution in [2.24, 2.45) is 0 Å². The normalized spacial score (nSPS) is 10.6. The molecule has 40 heavy (non-hydrogen) atoms. The number of carbonyl (C=O) groups excluding carboxylic acids is 4. The van der Waals surface area contributed by atoms with Gasteiger partial charge in [-0.2, -0.15) is 0 Å². The molecule has 0 saturated heterocycles. The highest BCUT2D eigenvalue weighted by Crippen LogP contribution is 2.48. The Morgan fingerprint density at radius 1 is 0.525 bits per heavy atom. The lowest BCUT2D eigenvalue weighted by Gasteiger charge is -2.32. The zero-order valence-corrected chi connectivity index (χ0v) is 23.7. The predicted octanol–water partition coefficient (Wildman–Crippen LogP) is 2.92. The summed E-state index contributed by atoms with van der Waals surface area (Å²) in [6.45, 7) is -0.448. The smallest absolute Gasteiger partial charge is 0.346 e. The SMILES string of the molecule is CCOC(=O)C(C(=O)OCC)=C(C(=O)OC)C(C(=O)OC)=P(c1ccccc1)(c1ccccc1)c1ccccc1. The highest BCUT2D eigenvalue weighted by Gasteiger charge is 2.42. The van der Waals surface area contributed by atoms with Crippen molar-refractivity contribution in [1.82, 2.24) is 0 Å². The van der Waals surface area contributed by atoms with E-state index in [1.54, 1.807) is 13.8 Å². The van der Waals surface area contributed by atoms with Crippen molar-refractivity contribution in [1.29, 1.82) is 0 Å². The van der Waals surface area contributed by atoms with Gasteiger partial charge in [-0.3, -0.25) is 0 Å². The molecule has 8 nitrogen and oxygen atoms in total. The number of ether oxygens (including phenoxy) is 4. The van der Waals surface area contributed by atoms with Gasteiger partial charge in [0.15, 0.2) is 5.57 Å². The summed E-state index contributed by atoms with van der Waals surface area (Å²) in [7, 11) is 2.26. The second kappa shape index (κ2) is 14.1. The van der Waals surface area contributed by atoms with E-state index >= 15 is 0 Å². The van der Waals surface area contributed by atoms with Gasteiger partial charge in [0, 0.05) is 0 Å².